The van der Waals surface area contributed by atoms with E-state index in [1.54, 1.807) is 4.90 Å². The first kappa shape index (κ1) is 19.0. The molecule has 0 N–H and O–H groups in total. The number of esters is 2. The lowest BCUT2D eigenvalue weighted by molar-refractivity contribution is -0.134. The normalized spacial score (nSPS) is 18.1. The average molecular weight is 396 g/mol. The Morgan fingerprint density at radius 3 is 2.88 bits per heavy atom. The zero-order valence-corrected chi connectivity index (χ0v) is 16.2. The fourth-order valence-electron chi connectivity index (χ4n) is 2.98. The minimum atomic E-state index is -0.486. The summed E-state index contributed by atoms with van der Waals surface area (Å²) in [6, 6.07) is 1.96. The van der Waals surface area contributed by atoms with Crippen LogP contribution in [-0.4, -0.2) is 48.8 Å². The summed E-state index contributed by atoms with van der Waals surface area (Å²) >= 11 is 2.84. The molecule has 140 valence electrons. The van der Waals surface area contributed by atoms with Crippen molar-refractivity contribution in [3.8, 4) is 0 Å². The third-order valence-electron chi connectivity index (χ3n) is 4.31. The van der Waals surface area contributed by atoms with Crippen molar-refractivity contribution in [2.24, 2.45) is 0 Å². The fraction of sp³-hybridized carbons (Fsp3) is 0.500. The zero-order valence-electron chi connectivity index (χ0n) is 14.6. The molecule has 0 spiro atoms. The second kappa shape index (κ2) is 8.73. The predicted octanol–water partition coefficient (Wildman–Crippen LogP) is 2.76. The van der Waals surface area contributed by atoms with E-state index in [9.17, 15) is 14.4 Å². The van der Waals surface area contributed by atoms with Crippen LogP contribution in [0.5, 0.6) is 0 Å². The molecule has 1 aliphatic heterocycles. The van der Waals surface area contributed by atoms with Crippen molar-refractivity contribution in [3.05, 3.63) is 32.5 Å². The van der Waals surface area contributed by atoms with Gasteiger partial charge >= 0.3 is 11.9 Å². The van der Waals surface area contributed by atoms with E-state index in [-0.39, 0.29) is 18.5 Å². The number of thiophene rings is 1. The SMILES string of the molecule is COC(=O)/C=C1/SCC(=O)N1CCCOC(=O)c1cc2c(s1)CCCC2. The second-order valence-electron chi connectivity index (χ2n) is 6.10. The number of hydrogen-bond donors (Lipinski definition) is 0. The number of methoxy groups -OCH3 is 1. The number of thioether (sulfide) groups is 1. The third kappa shape index (κ3) is 4.48. The molecule has 1 aliphatic carbocycles. The predicted molar refractivity (Wildman–Crippen MR) is 100 cm³/mol. The van der Waals surface area contributed by atoms with Gasteiger partial charge in [0.25, 0.3) is 0 Å². The molecule has 3 rings (SSSR count). The van der Waals surface area contributed by atoms with Crippen LogP contribution in [0.4, 0.5) is 0 Å². The van der Waals surface area contributed by atoms with Gasteiger partial charge in [-0.3, -0.25) is 4.79 Å². The first-order valence-electron chi connectivity index (χ1n) is 8.60. The highest BCUT2D eigenvalue weighted by molar-refractivity contribution is 8.04. The average Bonchev–Trinajstić information content (AvgIpc) is 3.22. The summed E-state index contributed by atoms with van der Waals surface area (Å²) in [4.78, 5) is 39.0. The fourth-order valence-corrected chi connectivity index (χ4v) is 5.08. The maximum absolute atomic E-state index is 12.2. The minimum Gasteiger partial charge on any atom is -0.466 e. The van der Waals surface area contributed by atoms with Gasteiger partial charge in [-0.25, -0.2) is 9.59 Å². The Labute approximate surface area is 160 Å². The van der Waals surface area contributed by atoms with Crippen LogP contribution in [0.25, 0.3) is 0 Å². The van der Waals surface area contributed by atoms with Crippen molar-refractivity contribution < 1.29 is 23.9 Å². The van der Waals surface area contributed by atoms with E-state index in [0.29, 0.717) is 28.6 Å². The molecule has 0 bridgehead atoms. The zero-order chi connectivity index (χ0) is 18.5. The second-order valence-corrected chi connectivity index (χ2v) is 8.23. The maximum atomic E-state index is 12.2. The molecule has 0 unspecified atom stereocenters. The molecule has 1 aromatic heterocycles. The van der Waals surface area contributed by atoms with E-state index in [4.69, 9.17) is 4.74 Å². The van der Waals surface area contributed by atoms with Crippen LogP contribution in [0.3, 0.4) is 0 Å². The molecule has 8 heteroatoms. The number of hydrogen-bond acceptors (Lipinski definition) is 7. The molecule has 6 nitrogen and oxygen atoms in total. The highest BCUT2D eigenvalue weighted by Gasteiger charge is 2.27. The summed E-state index contributed by atoms with van der Waals surface area (Å²) in [6.07, 6.45) is 6.30. The van der Waals surface area contributed by atoms with E-state index < -0.39 is 5.97 Å². The van der Waals surface area contributed by atoms with Crippen LogP contribution in [0.15, 0.2) is 17.2 Å². The lowest BCUT2D eigenvalue weighted by atomic mass is 9.99. The molecule has 0 atom stereocenters. The van der Waals surface area contributed by atoms with E-state index >= 15 is 0 Å². The number of carbonyl (C=O) groups excluding carboxylic acids is 3. The largest absolute Gasteiger partial charge is 0.466 e. The van der Waals surface area contributed by atoms with Gasteiger partial charge in [-0.15, -0.1) is 11.3 Å². The van der Waals surface area contributed by atoms with Crippen LogP contribution in [0, 0.1) is 0 Å². The van der Waals surface area contributed by atoms with Crippen molar-refractivity contribution in [3.63, 3.8) is 0 Å². The number of carbonyl (C=O) groups is 3. The number of aryl methyl sites for hydroxylation is 2. The van der Waals surface area contributed by atoms with Gasteiger partial charge in [-0.1, -0.05) is 11.8 Å². The molecule has 26 heavy (non-hydrogen) atoms. The van der Waals surface area contributed by atoms with Crippen LogP contribution in [0.2, 0.25) is 0 Å². The molecule has 1 fully saturated rings. The minimum absolute atomic E-state index is 0.0533. The Morgan fingerprint density at radius 1 is 1.31 bits per heavy atom. The third-order valence-corrected chi connectivity index (χ3v) is 6.55. The number of ether oxygens (including phenoxy) is 2. The maximum Gasteiger partial charge on any atom is 0.348 e. The van der Waals surface area contributed by atoms with Gasteiger partial charge in [0.2, 0.25) is 5.91 Å². The summed E-state index contributed by atoms with van der Waals surface area (Å²) in [5, 5.41) is 0.583. The Bertz CT molecular complexity index is 716. The topological polar surface area (TPSA) is 72.9 Å². The summed E-state index contributed by atoms with van der Waals surface area (Å²) in [7, 11) is 1.30. The van der Waals surface area contributed by atoms with Crippen molar-refractivity contribution in [1.82, 2.24) is 4.90 Å². The summed E-state index contributed by atoms with van der Waals surface area (Å²) in [5.74, 6) is -0.525. The van der Waals surface area contributed by atoms with Crippen LogP contribution in [0.1, 0.15) is 39.4 Å². The highest BCUT2D eigenvalue weighted by atomic mass is 32.2. The molecule has 2 aliphatic rings. The Balaban J connectivity index is 1.48. The lowest BCUT2D eigenvalue weighted by Crippen LogP contribution is -2.27. The lowest BCUT2D eigenvalue weighted by Gasteiger charge is -2.16. The molecule has 0 aromatic carbocycles. The van der Waals surface area contributed by atoms with Gasteiger partial charge < -0.3 is 14.4 Å². The Morgan fingerprint density at radius 2 is 2.12 bits per heavy atom. The first-order chi connectivity index (χ1) is 12.6. The summed E-state index contributed by atoms with van der Waals surface area (Å²) < 4.78 is 9.96. The molecule has 2 heterocycles. The standard InChI is InChI=1S/C18H21NO5S2/c1-23-17(21)10-16-19(15(20)11-25-16)7-4-8-24-18(22)14-9-12-5-2-3-6-13(12)26-14/h9-10H,2-8,11H2,1H3/b16-10+. The van der Waals surface area contributed by atoms with Crippen molar-refractivity contribution in [2.75, 3.05) is 26.0 Å². The summed E-state index contributed by atoms with van der Waals surface area (Å²) in [5.41, 5.74) is 1.28. The molecule has 1 aromatic rings. The van der Waals surface area contributed by atoms with Crippen LogP contribution in [-0.2, 0) is 31.9 Å². The van der Waals surface area contributed by atoms with E-state index in [1.807, 2.05) is 6.07 Å². The van der Waals surface area contributed by atoms with E-state index in [2.05, 4.69) is 4.74 Å². The molecule has 0 radical (unpaired) electrons. The highest BCUT2D eigenvalue weighted by Crippen LogP contribution is 2.30. The Hall–Kier alpha value is -1.80. The number of nitrogens with zero attached hydrogens (tertiary/aromatic N) is 1. The van der Waals surface area contributed by atoms with Gasteiger partial charge in [0.05, 0.1) is 30.6 Å². The van der Waals surface area contributed by atoms with Crippen molar-refractivity contribution in [1.29, 1.82) is 0 Å². The van der Waals surface area contributed by atoms with Crippen LogP contribution < -0.4 is 0 Å². The Kier molecular flexibility index (Phi) is 6.37. The summed E-state index contributed by atoms with van der Waals surface area (Å²) in [6.45, 7) is 0.643. The van der Waals surface area contributed by atoms with Gasteiger partial charge in [0.15, 0.2) is 0 Å². The van der Waals surface area contributed by atoms with Crippen LogP contribution >= 0.6 is 23.1 Å². The number of fused-ring (bicyclic) bond motifs is 1. The molecule has 0 saturated carbocycles. The molecular weight excluding hydrogens is 374 g/mol. The molecule has 1 saturated heterocycles. The van der Waals surface area contributed by atoms with E-state index in [0.717, 1.165) is 12.8 Å². The first-order valence-corrected chi connectivity index (χ1v) is 10.4. The van der Waals surface area contributed by atoms with Crippen molar-refractivity contribution >= 4 is 40.9 Å². The number of amides is 1. The van der Waals surface area contributed by atoms with Gasteiger partial charge in [-0.05, 0) is 43.7 Å². The monoisotopic (exact) mass is 395 g/mol. The van der Waals surface area contributed by atoms with Gasteiger partial charge in [0.1, 0.15) is 4.88 Å². The van der Waals surface area contributed by atoms with Gasteiger partial charge in [0, 0.05) is 11.4 Å². The van der Waals surface area contributed by atoms with Gasteiger partial charge in [-0.2, -0.15) is 0 Å². The molecule has 1 amide bonds. The molecular formula is C18H21NO5S2. The van der Waals surface area contributed by atoms with E-state index in [1.165, 1.54) is 59.6 Å². The quantitative estimate of drug-likeness (QED) is 0.419. The smallest absolute Gasteiger partial charge is 0.348 e. The van der Waals surface area contributed by atoms with Crippen molar-refractivity contribution in [2.45, 2.75) is 32.1 Å². The number of rotatable bonds is 6.